The fraction of sp³-hybridized carbons (Fsp3) is 0.444. The molecule has 12 heavy (non-hydrogen) atoms. The Balaban J connectivity index is 2.67. The summed E-state index contributed by atoms with van der Waals surface area (Å²) >= 11 is 0. The standard InChI is InChI=1S/C9H14N2O/c1-2-12-9-4-6-11-8(7-9)3-5-10/h4,6-7H,2-3,5,10H2,1H3. The summed E-state index contributed by atoms with van der Waals surface area (Å²) in [5.74, 6) is 0.871. The molecule has 0 unspecified atom stereocenters. The molecule has 2 N–H and O–H groups in total. The monoisotopic (exact) mass is 166 g/mol. The number of aromatic nitrogens is 1. The van der Waals surface area contributed by atoms with Gasteiger partial charge in [0.2, 0.25) is 0 Å². The van der Waals surface area contributed by atoms with E-state index in [9.17, 15) is 0 Å². The zero-order valence-electron chi connectivity index (χ0n) is 7.29. The first kappa shape index (κ1) is 9.00. The van der Waals surface area contributed by atoms with Gasteiger partial charge in [-0.25, -0.2) is 0 Å². The lowest BCUT2D eigenvalue weighted by Gasteiger charge is -2.03. The predicted octanol–water partition coefficient (Wildman–Crippen LogP) is 0.982. The number of pyridine rings is 1. The number of ether oxygens (including phenoxy) is 1. The molecular weight excluding hydrogens is 152 g/mol. The second kappa shape index (κ2) is 4.72. The van der Waals surface area contributed by atoms with Gasteiger partial charge in [0.15, 0.2) is 0 Å². The van der Waals surface area contributed by atoms with Crippen molar-refractivity contribution in [1.29, 1.82) is 0 Å². The Kier molecular flexibility index (Phi) is 3.54. The Morgan fingerprint density at radius 3 is 3.08 bits per heavy atom. The van der Waals surface area contributed by atoms with Crippen molar-refractivity contribution in [3.63, 3.8) is 0 Å². The summed E-state index contributed by atoms with van der Waals surface area (Å²) in [6.07, 6.45) is 2.55. The first-order valence-corrected chi connectivity index (χ1v) is 4.14. The quantitative estimate of drug-likeness (QED) is 0.725. The van der Waals surface area contributed by atoms with Crippen LogP contribution in [-0.2, 0) is 6.42 Å². The highest BCUT2D eigenvalue weighted by Gasteiger charge is 1.95. The maximum atomic E-state index is 5.40. The second-order valence-corrected chi connectivity index (χ2v) is 2.45. The molecule has 0 aromatic carbocycles. The maximum absolute atomic E-state index is 5.40. The van der Waals surface area contributed by atoms with E-state index in [1.165, 1.54) is 0 Å². The molecule has 66 valence electrons. The summed E-state index contributed by atoms with van der Waals surface area (Å²) in [6, 6.07) is 3.78. The molecule has 0 bridgehead atoms. The van der Waals surface area contributed by atoms with E-state index in [0.717, 1.165) is 17.9 Å². The largest absolute Gasteiger partial charge is 0.494 e. The van der Waals surface area contributed by atoms with E-state index in [-0.39, 0.29) is 0 Å². The zero-order chi connectivity index (χ0) is 8.81. The molecule has 0 radical (unpaired) electrons. The second-order valence-electron chi connectivity index (χ2n) is 2.45. The van der Waals surface area contributed by atoms with Crippen LogP contribution in [0, 0.1) is 0 Å². The van der Waals surface area contributed by atoms with Gasteiger partial charge in [-0.15, -0.1) is 0 Å². The van der Waals surface area contributed by atoms with Gasteiger partial charge in [0.1, 0.15) is 5.75 Å². The van der Waals surface area contributed by atoms with Crippen molar-refractivity contribution in [2.45, 2.75) is 13.3 Å². The summed E-state index contributed by atoms with van der Waals surface area (Å²) in [4.78, 5) is 4.15. The highest BCUT2D eigenvalue weighted by Crippen LogP contribution is 2.10. The Morgan fingerprint density at radius 2 is 2.42 bits per heavy atom. The van der Waals surface area contributed by atoms with E-state index in [2.05, 4.69) is 4.98 Å². The number of nitrogens with zero attached hydrogens (tertiary/aromatic N) is 1. The molecule has 1 rings (SSSR count). The summed E-state index contributed by atoms with van der Waals surface area (Å²) in [5.41, 5.74) is 6.39. The smallest absolute Gasteiger partial charge is 0.122 e. The van der Waals surface area contributed by atoms with Gasteiger partial charge in [-0.2, -0.15) is 0 Å². The lowest BCUT2D eigenvalue weighted by molar-refractivity contribution is 0.339. The Hall–Kier alpha value is -1.09. The van der Waals surface area contributed by atoms with Crippen molar-refractivity contribution in [2.24, 2.45) is 5.73 Å². The van der Waals surface area contributed by atoms with Gasteiger partial charge in [-0.05, 0) is 19.5 Å². The molecular formula is C9H14N2O. The van der Waals surface area contributed by atoms with Crippen molar-refractivity contribution in [3.8, 4) is 5.75 Å². The van der Waals surface area contributed by atoms with Crippen molar-refractivity contribution in [2.75, 3.05) is 13.2 Å². The summed E-state index contributed by atoms with van der Waals surface area (Å²) in [7, 11) is 0. The summed E-state index contributed by atoms with van der Waals surface area (Å²) in [6.45, 7) is 3.28. The maximum Gasteiger partial charge on any atom is 0.122 e. The van der Waals surface area contributed by atoms with Gasteiger partial charge in [0.25, 0.3) is 0 Å². The van der Waals surface area contributed by atoms with Crippen LogP contribution < -0.4 is 10.5 Å². The highest BCUT2D eigenvalue weighted by molar-refractivity contribution is 5.22. The Bertz CT molecular complexity index is 216. The molecule has 0 aliphatic rings. The molecule has 0 fully saturated rings. The molecule has 1 aromatic rings. The first-order valence-electron chi connectivity index (χ1n) is 4.14. The van der Waals surface area contributed by atoms with Crippen LogP contribution in [0.1, 0.15) is 12.6 Å². The van der Waals surface area contributed by atoms with E-state index in [1.54, 1.807) is 6.20 Å². The molecule has 0 atom stereocenters. The van der Waals surface area contributed by atoms with Crippen molar-refractivity contribution < 1.29 is 4.74 Å². The molecule has 3 nitrogen and oxygen atoms in total. The van der Waals surface area contributed by atoms with Crippen LogP contribution in [0.2, 0.25) is 0 Å². The topological polar surface area (TPSA) is 48.1 Å². The van der Waals surface area contributed by atoms with Crippen LogP contribution in [0.3, 0.4) is 0 Å². The van der Waals surface area contributed by atoms with Crippen LogP contribution in [-0.4, -0.2) is 18.1 Å². The fourth-order valence-corrected chi connectivity index (χ4v) is 0.997. The van der Waals surface area contributed by atoms with Crippen LogP contribution in [0.5, 0.6) is 5.75 Å². The minimum Gasteiger partial charge on any atom is -0.494 e. The highest BCUT2D eigenvalue weighted by atomic mass is 16.5. The molecule has 0 aliphatic carbocycles. The van der Waals surface area contributed by atoms with Crippen molar-refractivity contribution >= 4 is 0 Å². The SMILES string of the molecule is CCOc1ccnc(CCN)c1. The molecule has 3 heteroatoms. The third kappa shape index (κ3) is 2.51. The predicted molar refractivity (Wildman–Crippen MR) is 48.2 cm³/mol. The number of hydrogen-bond acceptors (Lipinski definition) is 3. The molecule has 0 aliphatic heterocycles. The first-order chi connectivity index (χ1) is 5.86. The Morgan fingerprint density at radius 1 is 1.58 bits per heavy atom. The normalized spacial score (nSPS) is 9.83. The van der Waals surface area contributed by atoms with Crippen molar-refractivity contribution in [3.05, 3.63) is 24.0 Å². The van der Waals surface area contributed by atoms with Gasteiger partial charge in [-0.3, -0.25) is 4.98 Å². The van der Waals surface area contributed by atoms with E-state index < -0.39 is 0 Å². The van der Waals surface area contributed by atoms with Crippen LogP contribution in [0.15, 0.2) is 18.3 Å². The third-order valence-corrected chi connectivity index (χ3v) is 1.50. The van der Waals surface area contributed by atoms with E-state index in [1.807, 2.05) is 19.1 Å². The van der Waals surface area contributed by atoms with E-state index in [4.69, 9.17) is 10.5 Å². The van der Waals surface area contributed by atoms with Gasteiger partial charge >= 0.3 is 0 Å². The number of nitrogens with two attached hydrogens (primary N) is 1. The van der Waals surface area contributed by atoms with Gasteiger partial charge in [0.05, 0.1) is 6.61 Å². The Labute approximate surface area is 72.6 Å². The molecule has 0 saturated heterocycles. The third-order valence-electron chi connectivity index (χ3n) is 1.50. The van der Waals surface area contributed by atoms with Gasteiger partial charge in [0, 0.05) is 24.4 Å². The fourth-order valence-electron chi connectivity index (χ4n) is 0.997. The number of hydrogen-bond donors (Lipinski definition) is 1. The molecule has 0 spiro atoms. The van der Waals surface area contributed by atoms with E-state index >= 15 is 0 Å². The molecule has 1 heterocycles. The number of rotatable bonds is 4. The lowest BCUT2D eigenvalue weighted by Crippen LogP contribution is -2.04. The van der Waals surface area contributed by atoms with Gasteiger partial charge < -0.3 is 10.5 Å². The minimum atomic E-state index is 0.628. The summed E-state index contributed by atoms with van der Waals surface area (Å²) < 4.78 is 5.31. The average Bonchev–Trinajstić information content (AvgIpc) is 2.06. The zero-order valence-corrected chi connectivity index (χ0v) is 7.29. The van der Waals surface area contributed by atoms with Crippen LogP contribution in [0.25, 0.3) is 0 Å². The van der Waals surface area contributed by atoms with E-state index in [0.29, 0.717) is 13.2 Å². The molecule has 1 aromatic heterocycles. The summed E-state index contributed by atoms with van der Waals surface area (Å²) in [5, 5.41) is 0. The average molecular weight is 166 g/mol. The van der Waals surface area contributed by atoms with Crippen LogP contribution >= 0.6 is 0 Å². The lowest BCUT2D eigenvalue weighted by atomic mass is 10.2. The van der Waals surface area contributed by atoms with Crippen LogP contribution in [0.4, 0.5) is 0 Å². The van der Waals surface area contributed by atoms with Crippen molar-refractivity contribution in [1.82, 2.24) is 4.98 Å². The minimum absolute atomic E-state index is 0.628. The molecule has 0 amide bonds. The van der Waals surface area contributed by atoms with Gasteiger partial charge in [-0.1, -0.05) is 0 Å². The molecule has 0 saturated carbocycles.